The van der Waals surface area contributed by atoms with Gasteiger partial charge in [0.2, 0.25) is 0 Å². The number of nitrogens with one attached hydrogen (secondary N) is 1. The molecule has 0 unspecified atom stereocenters. The zero-order valence-corrected chi connectivity index (χ0v) is 11.8. The Balaban J connectivity index is 1.90. The molecule has 0 spiro atoms. The van der Waals surface area contributed by atoms with E-state index >= 15 is 0 Å². The second-order valence-corrected chi connectivity index (χ2v) is 4.80. The minimum absolute atomic E-state index is 0.420. The molecule has 5 nitrogen and oxygen atoms in total. The fourth-order valence-electron chi connectivity index (χ4n) is 1.95. The van der Waals surface area contributed by atoms with Crippen molar-refractivity contribution in [2.75, 3.05) is 11.9 Å². The molecule has 2 rings (SSSR count). The standard InChI is InChI=1S/C14H21N5/c1-4-14-16-6-8-19(14)7-5-15-13-9-12(11(2)3)17-10-18-13/h6,8-11H,4-5,7H2,1-3H3,(H,15,17,18). The van der Waals surface area contributed by atoms with Crippen molar-refractivity contribution in [2.24, 2.45) is 0 Å². The highest BCUT2D eigenvalue weighted by molar-refractivity contribution is 5.35. The Morgan fingerprint density at radius 3 is 2.84 bits per heavy atom. The molecule has 0 saturated heterocycles. The maximum atomic E-state index is 4.31. The van der Waals surface area contributed by atoms with Crippen LogP contribution in [-0.4, -0.2) is 26.1 Å². The molecule has 5 heteroatoms. The van der Waals surface area contributed by atoms with Crippen molar-refractivity contribution < 1.29 is 0 Å². The molecule has 0 aliphatic carbocycles. The van der Waals surface area contributed by atoms with Crippen molar-refractivity contribution in [1.29, 1.82) is 0 Å². The maximum absolute atomic E-state index is 4.31. The summed E-state index contributed by atoms with van der Waals surface area (Å²) in [6.07, 6.45) is 6.44. The zero-order chi connectivity index (χ0) is 13.7. The van der Waals surface area contributed by atoms with Gasteiger partial charge in [0, 0.05) is 43.7 Å². The molecule has 0 aliphatic rings. The Hall–Kier alpha value is -1.91. The predicted molar refractivity (Wildman–Crippen MR) is 76.2 cm³/mol. The van der Waals surface area contributed by atoms with Crippen molar-refractivity contribution in [3.05, 3.63) is 36.3 Å². The lowest BCUT2D eigenvalue weighted by Crippen LogP contribution is -2.13. The third kappa shape index (κ3) is 3.53. The molecule has 2 heterocycles. The second-order valence-electron chi connectivity index (χ2n) is 4.80. The van der Waals surface area contributed by atoms with Gasteiger partial charge in [-0.05, 0) is 5.92 Å². The van der Waals surface area contributed by atoms with Crippen LogP contribution in [0.15, 0.2) is 24.8 Å². The smallest absolute Gasteiger partial charge is 0.129 e. The molecule has 0 fully saturated rings. The third-order valence-electron chi connectivity index (χ3n) is 3.06. The average Bonchev–Trinajstić information content (AvgIpc) is 2.86. The average molecular weight is 259 g/mol. The first-order valence-electron chi connectivity index (χ1n) is 6.76. The summed E-state index contributed by atoms with van der Waals surface area (Å²) < 4.78 is 2.16. The van der Waals surface area contributed by atoms with Gasteiger partial charge in [0.1, 0.15) is 18.0 Å². The van der Waals surface area contributed by atoms with Crippen LogP contribution < -0.4 is 5.32 Å². The lowest BCUT2D eigenvalue weighted by molar-refractivity contribution is 0.679. The van der Waals surface area contributed by atoms with E-state index in [2.05, 4.69) is 45.6 Å². The van der Waals surface area contributed by atoms with Gasteiger partial charge in [-0.15, -0.1) is 0 Å². The molecule has 0 amide bonds. The first kappa shape index (κ1) is 13.5. The molecule has 0 aromatic carbocycles. The van der Waals surface area contributed by atoms with Gasteiger partial charge < -0.3 is 9.88 Å². The number of hydrogen-bond acceptors (Lipinski definition) is 4. The van der Waals surface area contributed by atoms with E-state index in [-0.39, 0.29) is 0 Å². The van der Waals surface area contributed by atoms with Crippen LogP contribution in [-0.2, 0) is 13.0 Å². The fourth-order valence-corrected chi connectivity index (χ4v) is 1.95. The van der Waals surface area contributed by atoms with Crippen LogP contribution in [0, 0.1) is 0 Å². The molecule has 2 aromatic rings. The van der Waals surface area contributed by atoms with Gasteiger partial charge in [0.15, 0.2) is 0 Å². The van der Waals surface area contributed by atoms with Crippen LogP contribution in [0.3, 0.4) is 0 Å². The minimum Gasteiger partial charge on any atom is -0.368 e. The van der Waals surface area contributed by atoms with Gasteiger partial charge in [-0.3, -0.25) is 0 Å². The zero-order valence-electron chi connectivity index (χ0n) is 11.8. The molecule has 0 atom stereocenters. The van der Waals surface area contributed by atoms with Crippen LogP contribution >= 0.6 is 0 Å². The molecule has 1 N–H and O–H groups in total. The molecule has 2 aromatic heterocycles. The van der Waals surface area contributed by atoms with E-state index in [0.29, 0.717) is 5.92 Å². The van der Waals surface area contributed by atoms with Gasteiger partial charge in [-0.2, -0.15) is 0 Å². The summed E-state index contributed by atoms with van der Waals surface area (Å²) in [6.45, 7) is 8.10. The van der Waals surface area contributed by atoms with Gasteiger partial charge in [0.25, 0.3) is 0 Å². The van der Waals surface area contributed by atoms with Gasteiger partial charge in [-0.25, -0.2) is 15.0 Å². The Bertz CT molecular complexity index is 518. The normalized spacial score (nSPS) is 10.9. The number of imidazole rings is 1. The molecule has 19 heavy (non-hydrogen) atoms. The first-order chi connectivity index (χ1) is 9.20. The highest BCUT2D eigenvalue weighted by Gasteiger charge is 2.03. The summed E-state index contributed by atoms with van der Waals surface area (Å²) in [5, 5.41) is 3.33. The molecule has 0 aliphatic heterocycles. The number of rotatable bonds is 6. The minimum atomic E-state index is 0.420. The number of nitrogens with zero attached hydrogens (tertiary/aromatic N) is 4. The van der Waals surface area contributed by atoms with Crippen molar-refractivity contribution in [3.8, 4) is 0 Å². The SMILES string of the molecule is CCc1nccn1CCNc1cc(C(C)C)ncn1. The van der Waals surface area contributed by atoms with Crippen LogP contribution in [0.1, 0.15) is 38.2 Å². The first-order valence-corrected chi connectivity index (χ1v) is 6.76. The van der Waals surface area contributed by atoms with Gasteiger partial charge in [-0.1, -0.05) is 20.8 Å². The molecular weight excluding hydrogens is 238 g/mol. The quantitative estimate of drug-likeness (QED) is 0.866. The van der Waals surface area contributed by atoms with Crippen molar-refractivity contribution in [1.82, 2.24) is 19.5 Å². The van der Waals surface area contributed by atoms with Crippen LogP contribution in [0.5, 0.6) is 0 Å². The van der Waals surface area contributed by atoms with Crippen LogP contribution in [0.2, 0.25) is 0 Å². The highest BCUT2D eigenvalue weighted by atomic mass is 15.1. The van der Waals surface area contributed by atoms with Crippen molar-refractivity contribution in [3.63, 3.8) is 0 Å². The van der Waals surface area contributed by atoms with E-state index in [9.17, 15) is 0 Å². The van der Waals surface area contributed by atoms with E-state index in [1.54, 1.807) is 6.33 Å². The predicted octanol–water partition coefficient (Wildman–Crippen LogP) is 2.47. The number of anilines is 1. The second kappa shape index (κ2) is 6.31. The molecule has 102 valence electrons. The topological polar surface area (TPSA) is 55.6 Å². The monoisotopic (exact) mass is 259 g/mol. The summed E-state index contributed by atoms with van der Waals surface area (Å²) in [5.41, 5.74) is 1.06. The number of aromatic nitrogens is 4. The summed E-state index contributed by atoms with van der Waals surface area (Å²) in [5.74, 6) is 2.42. The third-order valence-corrected chi connectivity index (χ3v) is 3.06. The fraction of sp³-hybridized carbons (Fsp3) is 0.500. The number of hydrogen-bond donors (Lipinski definition) is 1. The lowest BCUT2D eigenvalue weighted by atomic mass is 10.1. The number of aryl methyl sites for hydroxylation is 1. The highest BCUT2D eigenvalue weighted by Crippen LogP contribution is 2.13. The summed E-state index contributed by atoms with van der Waals surface area (Å²) in [4.78, 5) is 12.8. The largest absolute Gasteiger partial charge is 0.368 e. The summed E-state index contributed by atoms with van der Waals surface area (Å²) >= 11 is 0. The van der Waals surface area contributed by atoms with E-state index in [1.165, 1.54) is 0 Å². The van der Waals surface area contributed by atoms with E-state index in [4.69, 9.17) is 0 Å². The van der Waals surface area contributed by atoms with E-state index in [1.807, 2.05) is 18.5 Å². The van der Waals surface area contributed by atoms with Gasteiger partial charge >= 0.3 is 0 Å². The van der Waals surface area contributed by atoms with Gasteiger partial charge in [0.05, 0.1) is 0 Å². The van der Waals surface area contributed by atoms with Crippen LogP contribution in [0.25, 0.3) is 0 Å². The molecule has 0 saturated carbocycles. The van der Waals surface area contributed by atoms with Crippen molar-refractivity contribution >= 4 is 5.82 Å². The van der Waals surface area contributed by atoms with Crippen LogP contribution in [0.4, 0.5) is 5.82 Å². The Kier molecular flexibility index (Phi) is 4.49. The van der Waals surface area contributed by atoms with E-state index < -0.39 is 0 Å². The molecule has 0 bridgehead atoms. The lowest BCUT2D eigenvalue weighted by Gasteiger charge is -2.10. The maximum Gasteiger partial charge on any atom is 0.129 e. The molecular formula is C14H21N5. The van der Waals surface area contributed by atoms with E-state index in [0.717, 1.165) is 36.8 Å². The summed E-state index contributed by atoms with van der Waals surface area (Å²) in [7, 11) is 0. The Morgan fingerprint density at radius 1 is 1.26 bits per heavy atom. The Labute approximate surface area is 114 Å². The summed E-state index contributed by atoms with van der Waals surface area (Å²) in [6, 6.07) is 2.01. The Morgan fingerprint density at radius 2 is 2.11 bits per heavy atom. The molecule has 0 radical (unpaired) electrons. The van der Waals surface area contributed by atoms with Crippen molar-refractivity contribution in [2.45, 2.75) is 39.7 Å².